The zero-order valence-corrected chi connectivity index (χ0v) is 16.1. The number of carboxylic acids is 1. The molecule has 0 aliphatic rings. The van der Waals surface area contributed by atoms with Crippen LogP contribution in [0.25, 0.3) is 16.6 Å². The molecule has 0 saturated heterocycles. The van der Waals surface area contributed by atoms with Crippen LogP contribution in [0.4, 0.5) is 4.39 Å². The standard InChI is InChI=1S/C20H20FNO4S/c1-4-5-15-9-13-10-16(27(3,25)26)6-7-18(13)22(15)19-12(2)8-14(21)11-17(19)20(23)24/h6-11H,4-5H2,1-3H3,(H,23,24). The molecule has 0 aliphatic carbocycles. The van der Waals surface area contributed by atoms with Crippen LogP contribution in [-0.2, 0) is 16.3 Å². The van der Waals surface area contributed by atoms with Gasteiger partial charge in [0.1, 0.15) is 5.82 Å². The van der Waals surface area contributed by atoms with Gasteiger partial charge in [0.25, 0.3) is 0 Å². The van der Waals surface area contributed by atoms with Crippen molar-refractivity contribution in [1.29, 1.82) is 0 Å². The summed E-state index contributed by atoms with van der Waals surface area (Å²) in [5, 5.41) is 10.3. The van der Waals surface area contributed by atoms with Crippen molar-refractivity contribution in [3.63, 3.8) is 0 Å². The molecule has 7 heteroatoms. The third-order valence-corrected chi connectivity index (χ3v) is 5.61. The fourth-order valence-corrected chi connectivity index (χ4v) is 4.04. The number of benzene rings is 2. The van der Waals surface area contributed by atoms with Crippen LogP contribution in [0.1, 0.15) is 35.0 Å². The molecule has 0 fully saturated rings. The van der Waals surface area contributed by atoms with Crippen molar-refractivity contribution in [2.75, 3.05) is 6.26 Å². The van der Waals surface area contributed by atoms with E-state index in [0.29, 0.717) is 28.6 Å². The van der Waals surface area contributed by atoms with Crippen LogP contribution in [0.5, 0.6) is 0 Å². The summed E-state index contributed by atoms with van der Waals surface area (Å²) in [6, 6.07) is 8.93. The minimum Gasteiger partial charge on any atom is -0.478 e. The van der Waals surface area contributed by atoms with Gasteiger partial charge in [0.05, 0.1) is 21.7 Å². The Kier molecular flexibility index (Phi) is 4.82. The highest BCUT2D eigenvalue weighted by molar-refractivity contribution is 7.90. The Morgan fingerprint density at radius 1 is 1.19 bits per heavy atom. The molecule has 0 saturated carbocycles. The van der Waals surface area contributed by atoms with Gasteiger partial charge in [-0.1, -0.05) is 13.3 Å². The second-order valence-corrected chi connectivity index (χ2v) is 8.65. The smallest absolute Gasteiger partial charge is 0.337 e. The number of carbonyl (C=O) groups is 1. The van der Waals surface area contributed by atoms with Crippen molar-refractivity contribution in [1.82, 2.24) is 4.57 Å². The monoisotopic (exact) mass is 389 g/mol. The molecule has 3 rings (SSSR count). The lowest BCUT2D eigenvalue weighted by Gasteiger charge is -2.16. The van der Waals surface area contributed by atoms with Gasteiger partial charge in [-0.15, -0.1) is 0 Å². The zero-order chi connectivity index (χ0) is 19.9. The summed E-state index contributed by atoms with van der Waals surface area (Å²) in [5.41, 5.74) is 2.29. The highest BCUT2D eigenvalue weighted by atomic mass is 32.2. The maximum atomic E-state index is 13.8. The predicted octanol–water partition coefficient (Wildman–Crippen LogP) is 4.13. The number of nitrogens with zero attached hydrogens (tertiary/aromatic N) is 1. The molecule has 0 unspecified atom stereocenters. The third-order valence-electron chi connectivity index (χ3n) is 4.50. The molecule has 1 N–H and O–H groups in total. The lowest BCUT2D eigenvalue weighted by molar-refractivity contribution is 0.0696. The fraction of sp³-hybridized carbons (Fsp3) is 0.250. The highest BCUT2D eigenvalue weighted by Gasteiger charge is 2.21. The highest BCUT2D eigenvalue weighted by Crippen LogP contribution is 2.31. The summed E-state index contributed by atoms with van der Waals surface area (Å²) < 4.78 is 39.4. The summed E-state index contributed by atoms with van der Waals surface area (Å²) in [6.45, 7) is 3.66. The number of carboxylic acid groups (broad SMARTS) is 1. The Bertz CT molecular complexity index is 1160. The van der Waals surface area contributed by atoms with Crippen LogP contribution in [0.2, 0.25) is 0 Å². The zero-order valence-electron chi connectivity index (χ0n) is 15.3. The number of rotatable bonds is 5. The molecule has 0 radical (unpaired) electrons. The minimum atomic E-state index is -3.36. The van der Waals surface area contributed by atoms with Gasteiger partial charge < -0.3 is 9.67 Å². The maximum absolute atomic E-state index is 13.8. The molecule has 0 atom stereocenters. The number of aryl methyl sites for hydroxylation is 2. The molecule has 3 aromatic rings. The van der Waals surface area contributed by atoms with Gasteiger partial charge in [-0.25, -0.2) is 17.6 Å². The van der Waals surface area contributed by atoms with Gasteiger partial charge in [-0.05, 0) is 55.3 Å². The Morgan fingerprint density at radius 3 is 2.48 bits per heavy atom. The SMILES string of the molecule is CCCc1cc2cc(S(C)(=O)=O)ccc2n1-c1c(C)cc(F)cc1C(=O)O. The molecule has 0 amide bonds. The van der Waals surface area contributed by atoms with Gasteiger partial charge >= 0.3 is 5.97 Å². The summed E-state index contributed by atoms with van der Waals surface area (Å²) in [7, 11) is -3.36. The Labute approximate surface area is 157 Å². The van der Waals surface area contributed by atoms with E-state index in [1.165, 1.54) is 12.1 Å². The molecule has 0 aliphatic heterocycles. The number of hydrogen-bond acceptors (Lipinski definition) is 3. The van der Waals surface area contributed by atoms with Crippen LogP contribution in [-0.4, -0.2) is 30.3 Å². The van der Waals surface area contributed by atoms with Gasteiger partial charge in [0.15, 0.2) is 9.84 Å². The first-order chi connectivity index (χ1) is 12.6. The number of hydrogen-bond donors (Lipinski definition) is 1. The van der Waals surface area contributed by atoms with E-state index in [2.05, 4.69) is 0 Å². The third kappa shape index (κ3) is 3.47. The number of aromatic nitrogens is 1. The molecule has 142 valence electrons. The van der Waals surface area contributed by atoms with Crippen molar-refractivity contribution in [3.8, 4) is 5.69 Å². The normalized spacial score (nSPS) is 11.9. The van der Waals surface area contributed by atoms with E-state index in [1.807, 2.05) is 13.0 Å². The van der Waals surface area contributed by atoms with Crippen LogP contribution < -0.4 is 0 Å². The van der Waals surface area contributed by atoms with Crippen molar-refractivity contribution < 1.29 is 22.7 Å². The lowest BCUT2D eigenvalue weighted by atomic mass is 10.1. The van der Waals surface area contributed by atoms with Gasteiger partial charge in [-0.2, -0.15) is 0 Å². The second kappa shape index (κ2) is 6.81. The quantitative estimate of drug-likeness (QED) is 0.712. The fourth-order valence-electron chi connectivity index (χ4n) is 3.38. The molecule has 0 spiro atoms. The summed E-state index contributed by atoms with van der Waals surface area (Å²) in [6.07, 6.45) is 2.63. The topological polar surface area (TPSA) is 76.4 Å². The summed E-state index contributed by atoms with van der Waals surface area (Å²) in [5.74, 6) is -1.83. The van der Waals surface area contributed by atoms with Crippen LogP contribution in [0.3, 0.4) is 0 Å². The molecule has 1 aromatic heterocycles. The van der Waals surface area contributed by atoms with Gasteiger partial charge in [-0.3, -0.25) is 0 Å². The first kappa shape index (κ1) is 19.1. The first-order valence-corrected chi connectivity index (χ1v) is 10.4. The Balaban J connectivity index is 2.41. The van der Waals surface area contributed by atoms with Crippen LogP contribution in [0.15, 0.2) is 41.3 Å². The molecule has 27 heavy (non-hydrogen) atoms. The predicted molar refractivity (Wildman–Crippen MR) is 102 cm³/mol. The average Bonchev–Trinajstić information content (AvgIpc) is 2.90. The van der Waals surface area contributed by atoms with Crippen molar-refractivity contribution >= 4 is 26.7 Å². The van der Waals surface area contributed by atoms with E-state index in [1.54, 1.807) is 23.6 Å². The number of halogens is 1. The first-order valence-electron chi connectivity index (χ1n) is 8.51. The van der Waals surface area contributed by atoms with E-state index in [9.17, 15) is 22.7 Å². The minimum absolute atomic E-state index is 0.130. The molecular formula is C20H20FNO4S. The molecular weight excluding hydrogens is 369 g/mol. The van der Waals surface area contributed by atoms with E-state index < -0.39 is 21.6 Å². The summed E-state index contributed by atoms with van der Waals surface area (Å²) in [4.78, 5) is 12.0. The van der Waals surface area contributed by atoms with Crippen molar-refractivity contribution in [2.45, 2.75) is 31.6 Å². The largest absolute Gasteiger partial charge is 0.478 e. The Hall–Kier alpha value is -2.67. The van der Waals surface area contributed by atoms with Gasteiger partial charge in [0, 0.05) is 17.3 Å². The second-order valence-electron chi connectivity index (χ2n) is 6.64. The number of aromatic carboxylic acids is 1. The lowest BCUT2D eigenvalue weighted by Crippen LogP contribution is -2.10. The van der Waals surface area contributed by atoms with E-state index >= 15 is 0 Å². The average molecular weight is 389 g/mol. The molecule has 2 aromatic carbocycles. The Morgan fingerprint density at radius 2 is 1.89 bits per heavy atom. The number of sulfone groups is 1. The molecule has 5 nitrogen and oxygen atoms in total. The number of fused-ring (bicyclic) bond motifs is 1. The van der Waals surface area contributed by atoms with E-state index in [0.717, 1.165) is 24.4 Å². The van der Waals surface area contributed by atoms with Crippen molar-refractivity contribution in [2.24, 2.45) is 0 Å². The molecule has 1 heterocycles. The summed E-state index contributed by atoms with van der Waals surface area (Å²) >= 11 is 0. The van der Waals surface area contributed by atoms with Gasteiger partial charge in [0.2, 0.25) is 0 Å². The van der Waals surface area contributed by atoms with E-state index in [4.69, 9.17) is 0 Å². The maximum Gasteiger partial charge on any atom is 0.337 e. The molecule has 0 bridgehead atoms. The van der Waals surface area contributed by atoms with Crippen LogP contribution in [0, 0.1) is 12.7 Å². The van der Waals surface area contributed by atoms with Crippen molar-refractivity contribution in [3.05, 3.63) is 59.0 Å². The van der Waals surface area contributed by atoms with E-state index in [-0.39, 0.29) is 10.5 Å². The van der Waals surface area contributed by atoms with Crippen LogP contribution >= 0.6 is 0 Å².